The lowest BCUT2D eigenvalue weighted by Crippen LogP contribution is -2.00. The van der Waals surface area contributed by atoms with Gasteiger partial charge in [-0.05, 0) is 18.6 Å². The van der Waals surface area contributed by atoms with E-state index in [0.29, 0.717) is 6.54 Å². The summed E-state index contributed by atoms with van der Waals surface area (Å²) in [6, 6.07) is 4.08. The zero-order valence-electron chi connectivity index (χ0n) is 9.91. The van der Waals surface area contributed by atoms with Crippen LogP contribution in [0.15, 0.2) is 30.7 Å². The van der Waals surface area contributed by atoms with E-state index in [0.717, 1.165) is 22.4 Å². The van der Waals surface area contributed by atoms with E-state index in [1.165, 1.54) is 5.56 Å². The molecular formula is C12H12BrN5. The fraction of sp³-hybridized carbons (Fsp3) is 0.250. The molecule has 6 heteroatoms. The van der Waals surface area contributed by atoms with Crippen molar-refractivity contribution < 1.29 is 0 Å². The molecule has 0 spiro atoms. The maximum atomic E-state index is 4.61. The monoisotopic (exact) mass is 305 g/mol. The molecule has 0 amide bonds. The van der Waals surface area contributed by atoms with Crippen LogP contribution in [0.25, 0.3) is 5.65 Å². The zero-order chi connectivity index (χ0) is 12.5. The van der Waals surface area contributed by atoms with E-state index in [4.69, 9.17) is 0 Å². The first kappa shape index (κ1) is 11.4. The highest BCUT2D eigenvalue weighted by atomic mass is 79.9. The molecule has 0 bridgehead atoms. The first-order valence-corrected chi connectivity index (χ1v) is 6.76. The highest BCUT2D eigenvalue weighted by Crippen LogP contribution is 2.11. The third-order valence-electron chi connectivity index (χ3n) is 2.77. The largest absolute Gasteiger partial charge is 0.307 e. The Balaban J connectivity index is 1.93. The van der Waals surface area contributed by atoms with Crippen molar-refractivity contribution in [3.8, 4) is 0 Å². The molecule has 0 aromatic carbocycles. The fourth-order valence-corrected chi connectivity index (χ4v) is 2.18. The van der Waals surface area contributed by atoms with Crippen molar-refractivity contribution in [3.05, 3.63) is 47.7 Å². The third kappa shape index (κ3) is 2.03. The number of aryl methyl sites for hydroxylation is 1. The summed E-state index contributed by atoms with van der Waals surface area (Å²) in [4.78, 5) is 4.61. The van der Waals surface area contributed by atoms with E-state index < -0.39 is 0 Å². The first-order valence-electron chi connectivity index (χ1n) is 5.64. The lowest BCUT2D eigenvalue weighted by Gasteiger charge is -1.94. The van der Waals surface area contributed by atoms with Gasteiger partial charge in [-0.3, -0.25) is 0 Å². The number of hydrogen-bond acceptors (Lipinski definition) is 3. The quantitative estimate of drug-likeness (QED) is 0.697. The minimum Gasteiger partial charge on any atom is -0.307 e. The molecule has 0 fully saturated rings. The van der Waals surface area contributed by atoms with E-state index in [9.17, 15) is 0 Å². The van der Waals surface area contributed by atoms with Crippen LogP contribution in [0.5, 0.6) is 0 Å². The lowest BCUT2D eigenvalue weighted by atomic mass is 10.3. The number of aromatic nitrogens is 5. The molecule has 3 aromatic rings. The van der Waals surface area contributed by atoms with Gasteiger partial charge < -0.3 is 4.40 Å². The maximum Gasteiger partial charge on any atom is 0.140 e. The zero-order valence-corrected chi connectivity index (χ0v) is 11.5. The van der Waals surface area contributed by atoms with Crippen molar-refractivity contribution in [2.75, 3.05) is 0 Å². The highest BCUT2D eigenvalue weighted by Gasteiger charge is 2.05. The second-order valence-electron chi connectivity index (χ2n) is 4.20. The van der Waals surface area contributed by atoms with Crippen molar-refractivity contribution in [3.63, 3.8) is 0 Å². The summed E-state index contributed by atoms with van der Waals surface area (Å²) in [7, 11) is 0. The van der Waals surface area contributed by atoms with Gasteiger partial charge in [0.2, 0.25) is 0 Å². The predicted octanol–water partition coefficient (Wildman–Crippen LogP) is 2.18. The number of hydrogen-bond donors (Lipinski definition) is 0. The number of imidazole rings is 1. The number of alkyl halides is 1. The van der Waals surface area contributed by atoms with Gasteiger partial charge in [-0.2, -0.15) is 0 Å². The highest BCUT2D eigenvalue weighted by molar-refractivity contribution is 9.08. The molecule has 0 N–H and O–H groups in total. The number of fused-ring (bicyclic) bond motifs is 1. The van der Waals surface area contributed by atoms with Crippen molar-refractivity contribution in [2.24, 2.45) is 0 Å². The van der Waals surface area contributed by atoms with Crippen LogP contribution in [0, 0.1) is 6.92 Å². The van der Waals surface area contributed by atoms with Gasteiger partial charge >= 0.3 is 0 Å². The average molecular weight is 306 g/mol. The van der Waals surface area contributed by atoms with E-state index in [-0.39, 0.29) is 0 Å². The predicted molar refractivity (Wildman–Crippen MR) is 71.7 cm³/mol. The first-order chi connectivity index (χ1) is 8.76. The van der Waals surface area contributed by atoms with E-state index in [1.807, 2.05) is 29.1 Å². The molecule has 0 saturated heterocycles. The van der Waals surface area contributed by atoms with Gasteiger partial charge in [0, 0.05) is 23.9 Å². The minimum atomic E-state index is 0.640. The summed E-state index contributed by atoms with van der Waals surface area (Å²) >= 11 is 3.36. The van der Waals surface area contributed by atoms with Gasteiger partial charge in [0.15, 0.2) is 0 Å². The van der Waals surface area contributed by atoms with Crippen molar-refractivity contribution >= 4 is 21.6 Å². The number of pyridine rings is 1. The summed E-state index contributed by atoms with van der Waals surface area (Å²) in [5.74, 6) is 0. The lowest BCUT2D eigenvalue weighted by molar-refractivity contribution is 0.641. The average Bonchev–Trinajstić information content (AvgIpc) is 2.96. The van der Waals surface area contributed by atoms with Crippen LogP contribution in [0.2, 0.25) is 0 Å². The normalized spacial score (nSPS) is 11.2. The molecular weight excluding hydrogens is 294 g/mol. The fourth-order valence-electron chi connectivity index (χ4n) is 1.92. The van der Waals surface area contributed by atoms with Gasteiger partial charge in [0.25, 0.3) is 0 Å². The maximum absolute atomic E-state index is 4.61. The molecule has 92 valence electrons. The van der Waals surface area contributed by atoms with Gasteiger partial charge in [-0.15, -0.1) is 5.10 Å². The Morgan fingerprint density at radius 3 is 2.89 bits per heavy atom. The summed E-state index contributed by atoms with van der Waals surface area (Å²) in [5, 5.41) is 8.82. The van der Waals surface area contributed by atoms with Crippen LogP contribution in [0.1, 0.15) is 17.0 Å². The Bertz CT molecular complexity index is 685. The van der Waals surface area contributed by atoms with Crippen molar-refractivity contribution in [1.29, 1.82) is 0 Å². The molecule has 3 rings (SSSR count). The molecule has 0 unspecified atom stereocenters. The molecule has 5 nitrogen and oxygen atoms in total. The topological polar surface area (TPSA) is 48.0 Å². The molecule has 0 aliphatic carbocycles. The van der Waals surface area contributed by atoms with Crippen LogP contribution in [0.3, 0.4) is 0 Å². The van der Waals surface area contributed by atoms with Crippen LogP contribution < -0.4 is 0 Å². The summed E-state index contributed by atoms with van der Waals surface area (Å²) in [6.45, 7) is 2.70. The Morgan fingerprint density at radius 2 is 2.17 bits per heavy atom. The Labute approximate surface area is 113 Å². The van der Waals surface area contributed by atoms with Crippen LogP contribution in [-0.4, -0.2) is 24.4 Å². The number of rotatable bonds is 3. The van der Waals surface area contributed by atoms with Gasteiger partial charge in [-0.1, -0.05) is 27.2 Å². The van der Waals surface area contributed by atoms with Crippen molar-refractivity contribution in [2.45, 2.75) is 18.8 Å². The Kier molecular flexibility index (Phi) is 2.87. The van der Waals surface area contributed by atoms with Gasteiger partial charge in [0.1, 0.15) is 5.65 Å². The summed E-state index contributed by atoms with van der Waals surface area (Å²) in [5.41, 5.74) is 4.07. The van der Waals surface area contributed by atoms with E-state index in [2.05, 4.69) is 44.2 Å². The van der Waals surface area contributed by atoms with Crippen LogP contribution in [-0.2, 0) is 11.9 Å². The molecule has 0 aliphatic heterocycles. The summed E-state index contributed by atoms with van der Waals surface area (Å²) in [6.07, 6.45) is 5.95. The summed E-state index contributed by atoms with van der Waals surface area (Å²) < 4.78 is 3.83. The second-order valence-corrected chi connectivity index (χ2v) is 4.76. The molecule has 0 radical (unpaired) electrons. The molecule has 3 heterocycles. The molecule has 0 saturated carbocycles. The van der Waals surface area contributed by atoms with Crippen molar-refractivity contribution in [1.82, 2.24) is 24.4 Å². The Morgan fingerprint density at radius 1 is 1.28 bits per heavy atom. The third-order valence-corrected chi connectivity index (χ3v) is 3.35. The second kappa shape index (κ2) is 4.53. The van der Waals surface area contributed by atoms with E-state index in [1.54, 1.807) is 4.68 Å². The molecule has 3 aromatic heterocycles. The molecule has 0 atom stereocenters. The number of nitrogens with zero attached hydrogens (tertiary/aromatic N) is 5. The molecule has 0 aliphatic rings. The SMILES string of the molecule is Cc1cccn2cc(Cn3cc(CBr)nn3)nc12. The Hall–Kier alpha value is -1.69. The van der Waals surface area contributed by atoms with E-state index >= 15 is 0 Å². The van der Waals surface area contributed by atoms with Gasteiger partial charge in [-0.25, -0.2) is 9.67 Å². The minimum absolute atomic E-state index is 0.640. The smallest absolute Gasteiger partial charge is 0.140 e. The van der Waals surface area contributed by atoms with Gasteiger partial charge in [0.05, 0.1) is 17.9 Å². The van der Waals surface area contributed by atoms with Crippen LogP contribution >= 0.6 is 15.9 Å². The molecule has 18 heavy (non-hydrogen) atoms. The van der Waals surface area contributed by atoms with Crippen LogP contribution in [0.4, 0.5) is 0 Å². The number of halogens is 1. The standard InChI is InChI=1S/C12H12BrN5/c1-9-3-2-4-17-6-11(14-12(9)17)8-18-7-10(5-13)15-16-18/h2-4,6-7H,5,8H2,1H3.